The van der Waals surface area contributed by atoms with Gasteiger partial charge in [0.2, 0.25) is 11.7 Å². The highest BCUT2D eigenvalue weighted by molar-refractivity contribution is 7.14. The number of thiophene rings is 1. The Balaban J connectivity index is 1.55. The first-order chi connectivity index (χ1) is 20.9. The molecule has 3 heterocycles. The normalized spacial score (nSPS) is 14.1. The molecule has 1 aliphatic rings. The van der Waals surface area contributed by atoms with Crippen LogP contribution in [0.15, 0.2) is 74.2 Å². The van der Waals surface area contributed by atoms with Crippen molar-refractivity contribution in [2.75, 3.05) is 38.7 Å². The summed E-state index contributed by atoms with van der Waals surface area (Å²) in [6.07, 6.45) is 1.60. The van der Waals surface area contributed by atoms with Crippen molar-refractivity contribution in [3.8, 4) is 17.2 Å². The number of hydrogen-bond donors (Lipinski definition) is 1. The molecule has 5 rings (SSSR count). The van der Waals surface area contributed by atoms with Crippen molar-refractivity contribution < 1.29 is 33.1 Å². The molecule has 2 amide bonds. The lowest BCUT2D eigenvalue weighted by molar-refractivity contribution is -0.114. The van der Waals surface area contributed by atoms with Crippen LogP contribution in [0.25, 0.3) is 6.08 Å². The Morgan fingerprint density at radius 2 is 1.74 bits per heavy atom. The largest absolute Gasteiger partial charge is 0.493 e. The summed E-state index contributed by atoms with van der Waals surface area (Å²) >= 11 is 1.29. The molecule has 0 saturated carbocycles. The number of anilines is 2. The third kappa shape index (κ3) is 5.94. The summed E-state index contributed by atoms with van der Waals surface area (Å²) in [5.74, 6) is 0.821. The highest BCUT2D eigenvalue weighted by Crippen LogP contribution is 2.39. The van der Waals surface area contributed by atoms with Crippen molar-refractivity contribution in [3.63, 3.8) is 0 Å². The summed E-state index contributed by atoms with van der Waals surface area (Å²) in [6, 6.07) is 14.1. The first-order valence-electron chi connectivity index (χ1n) is 12.7. The molecule has 2 aromatic carbocycles. The Labute approximate surface area is 250 Å². The van der Waals surface area contributed by atoms with Crippen LogP contribution in [-0.4, -0.2) is 62.0 Å². The second kappa shape index (κ2) is 12.6. The molecular formula is C29H26N6O7S. The SMILES string of the molecule is CON=C(c1csc(NC(C)=O)c1)c1nnc(N2C(=O)C(=Cc3cc(OC)c(OC)c(OC)c3)N=C2c2ccccc2)o1. The van der Waals surface area contributed by atoms with Gasteiger partial charge >= 0.3 is 6.01 Å². The van der Waals surface area contributed by atoms with Gasteiger partial charge in [0.1, 0.15) is 12.8 Å². The van der Waals surface area contributed by atoms with Crippen LogP contribution >= 0.6 is 11.3 Å². The second-order valence-corrected chi connectivity index (χ2v) is 9.73. The van der Waals surface area contributed by atoms with Gasteiger partial charge in [-0.2, -0.15) is 0 Å². The highest BCUT2D eigenvalue weighted by atomic mass is 32.1. The van der Waals surface area contributed by atoms with E-state index in [9.17, 15) is 9.59 Å². The topological polar surface area (TPSA) is 150 Å². The molecule has 13 nitrogen and oxygen atoms in total. The molecule has 43 heavy (non-hydrogen) atoms. The smallest absolute Gasteiger partial charge is 0.331 e. The predicted molar refractivity (Wildman–Crippen MR) is 160 cm³/mol. The Bertz CT molecular complexity index is 1730. The van der Waals surface area contributed by atoms with Crippen molar-refractivity contribution in [3.05, 3.63) is 82.2 Å². The van der Waals surface area contributed by atoms with E-state index in [1.54, 1.807) is 29.7 Å². The van der Waals surface area contributed by atoms with E-state index in [-0.39, 0.29) is 35.1 Å². The summed E-state index contributed by atoms with van der Waals surface area (Å²) in [6.45, 7) is 1.41. The molecule has 0 fully saturated rings. The number of aliphatic imine (C=N–C) groups is 1. The monoisotopic (exact) mass is 602 g/mol. The van der Waals surface area contributed by atoms with Crippen molar-refractivity contribution >= 4 is 51.8 Å². The minimum atomic E-state index is -0.503. The molecule has 0 bridgehead atoms. The lowest BCUT2D eigenvalue weighted by Gasteiger charge is -2.13. The van der Waals surface area contributed by atoms with Gasteiger partial charge in [0.25, 0.3) is 11.8 Å². The molecule has 220 valence electrons. The van der Waals surface area contributed by atoms with Gasteiger partial charge in [-0.15, -0.1) is 16.4 Å². The number of nitrogens with one attached hydrogen (secondary N) is 1. The molecule has 2 aromatic heterocycles. The summed E-state index contributed by atoms with van der Waals surface area (Å²) in [5.41, 5.74) is 2.12. The van der Waals surface area contributed by atoms with Gasteiger partial charge in [0, 0.05) is 23.4 Å². The van der Waals surface area contributed by atoms with Crippen molar-refractivity contribution in [1.29, 1.82) is 0 Å². The van der Waals surface area contributed by atoms with Gasteiger partial charge in [-0.3, -0.25) is 9.59 Å². The molecule has 0 saturated heterocycles. The number of carbonyl (C=O) groups excluding carboxylic acids is 2. The van der Waals surface area contributed by atoms with E-state index in [1.165, 1.54) is 51.6 Å². The van der Waals surface area contributed by atoms with E-state index in [2.05, 4.69) is 25.7 Å². The molecule has 0 atom stereocenters. The maximum absolute atomic E-state index is 13.8. The zero-order chi connectivity index (χ0) is 30.5. The van der Waals surface area contributed by atoms with Gasteiger partial charge in [0.15, 0.2) is 23.0 Å². The molecular weight excluding hydrogens is 576 g/mol. The van der Waals surface area contributed by atoms with Crippen LogP contribution in [0.1, 0.15) is 29.5 Å². The number of aromatic nitrogens is 2. The van der Waals surface area contributed by atoms with Crippen LogP contribution in [0.3, 0.4) is 0 Å². The van der Waals surface area contributed by atoms with Crippen LogP contribution in [0.5, 0.6) is 17.2 Å². The van der Waals surface area contributed by atoms with E-state index < -0.39 is 5.91 Å². The minimum Gasteiger partial charge on any atom is -0.493 e. The van der Waals surface area contributed by atoms with E-state index >= 15 is 0 Å². The maximum atomic E-state index is 13.8. The van der Waals surface area contributed by atoms with Crippen LogP contribution in [0, 0.1) is 0 Å². The molecule has 0 unspecified atom stereocenters. The number of benzene rings is 2. The first-order valence-corrected chi connectivity index (χ1v) is 13.6. The fourth-order valence-corrected chi connectivity index (χ4v) is 5.06. The Kier molecular flexibility index (Phi) is 8.48. The van der Waals surface area contributed by atoms with Gasteiger partial charge < -0.3 is 28.8 Å². The van der Waals surface area contributed by atoms with Crippen molar-refractivity contribution in [1.82, 2.24) is 10.2 Å². The molecule has 0 radical (unpaired) electrons. The lowest BCUT2D eigenvalue weighted by atomic mass is 10.1. The molecule has 0 aliphatic carbocycles. The summed E-state index contributed by atoms with van der Waals surface area (Å²) in [7, 11) is 5.90. The van der Waals surface area contributed by atoms with E-state index in [0.717, 1.165) is 0 Å². The van der Waals surface area contributed by atoms with E-state index in [1.807, 2.05) is 30.3 Å². The fourth-order valence-electron chi connectivity index (χ4n) is 4.23. The number of oxime groups is 1. The number of hydrogen-bond acceptors (Lipinski definition) is 12. The third-order valence-electron chi connectivity index (χ3n) is 6.05. The summed E-state index contributed by atoms with van der Waals surface area (Å²) < 4.78 is 22.3. The van der Waals surface area contributed by atoms with Gasteiger partial charge in [0.05, 0.1) is 26.3 Å². The van der Waals surface area contributed by atoms with Gasteiger partial charge in [-0.1, -0.05) is 40.6 Å². The number of nitrogens with zero attached hydrogens (tertiary/aromatic N) is 5. The zero-order valence-corrected chi connectivity index (χ0v) is 24.6. The van der Waals surface area contributed by atoms with Gasteiger partial charge in [-0.25, -0.2) is 9.89 Å². The number of ether oxygens (including phenoxy) is 3. The van der Waals surface area contributed by atoms with Crippen molar-refractivity contribution in [2.45, 2.75) is 6.92 Å². The molecule has 1 N–H and O–H groups in total. The predicted octanol–water partition coefficient (Wildman–Crippen LogP) is 4.35. The number of amides is 2. The maximum Gasteiger partial charge on any atom is 0.331 e. The summed E-state index contributed by atoms with van der Waals surface area (Å²) in [5, 5.41) is 17.4. The summed E-state index contributed by atoms with van der Waals surface area (Å²) in [4.78, 5) is 36.2. The Hall–Kier alpha value is -5.50. The second-order valence-electron chi connectivity index (χ2n) is 8.82. The lowest BCUT2D eigenvalue weighted by Crippen LogP contribution is -2.33. The highest BCUT2D eigenvalue weighted by Gasteiger charge is 2.37. The van der Waals surface area contributed by atoms with Crippen LogP contribution < -0.4 is 24.4 Å². The molecule has 1 aliphatic heterocycles. The molecule has 0 spiro atoms. The standard InChI is InChI=1S/C29H26N6O7S/c1-16(36)30-23-14-19(15-43-23)24(34-41-5)27-32-33-29(42-27)35-26(18-9-7-6-8-10-18)31-20(28(35)37)11-17-12-21(38-2)25(40-4)22(13-17)39-3/h6-15H,1-5H3,(H,30,36). The zero-order valence-electron chi connectivity index (χ0n) is 23.8. The number of methoxy groups -OCH3 is 3. The third-order valence-corrected chi connectivity index (χ3v) is 6.89. The Morgan fingerprint density at radius 3 is 2.37 bits per heavy atom. The van der Waals surface area contributed by atoms with Gasteiger partial charge in [-0.05, 0) is 29.8 Å². The average Bonchev–Trinajstić information content (AvgIpc) is 3.75. The molecule has 4 aromatic rings. The number of rotatable bonds is 10. The quantitative estimate of drug-likeness (QED) is 0.159. The van der Waals surface area contributed by atoms with Crippen molar-refractivity contribution in [2.24, 2.45) is 10.1 Å². The first kappa shape index (κ1) is 29.0. The number of amidine groups is 1. The fraction of sp³-hybridized carbons (Fsp3) is 0.172. The minimum absolute atomic E-state index is 0.00806. The van der Waals surface area contributed by atoms with Crippen LogP contribution in [-0.2, 0) is 14.4 Å². The number of carbonyl (C=O) groups is 2. The van der Waals surface area contributed by atoms with E-state index in [0.29, 0.717) is 38.9 Å². The van der Waals surface area contributed by atoms with E-state index in [4.69, 9.17) is 23.5 Å². The van der Waals surface area contributed by atoms with Crippen LogP contribution in [0.2, 0.25) is 0 Å². The Morgan fingerprint density at radius 1 is 1.02 bits per heavy atom. The molecule has 14 heteroatoms. The average molecular weight is 603 g/mol. The van der Waals surface area contributed by atoms with Crippen LogP contribution in [0.4, 0.5) is 11.0 Å².